The molecule has 2 rings (SSSR count). The van der Waals surface area contributed by atoms with Gasteiger partial charge in [-0.1, -0.05) is 0 Å². The summed E-state index contributed by atoms with van der Waals surface area (Å²) in [5, 5.41) is 12.0. The molecule has 1 aromatic heterocycles. The summed E-state index contributed by atoms with van der Waals surface area (Å²) in [6.45, 7) is 0. The number of nitrogens with zero attached hydrogens (tertiary/aromatic N) is 2. The predicted octanol–water partition coefficient (Wildman–Crippen LogP) is 2.79. The van der Waals surface area contributed by atoms with Crippen LogP contribution in [0.4, 0.5) is 5.95 Å². The van der Waals surface area contributed by atoms with Crippen LogP contribution in [-0.4, -0.2) is 35.3 Å². The molecule has 23 heavy (non-hydrogen) atoms. The van der Waals surface area contributed by atoms with Crippen LogP contribution >= 0.6 is 15.9 Å². The number of hydrogen-bond donors (Lipinski definition) is 2. The largest absolute Gasteiger partial charge is 0.493 e. The fourth-order valence-electron chi connectivity index (χ4n) is 1.82. The summed E-state index contributed by atoms with van der Waals surface area (Å²) in [7, 11) is 3.03. The molecule has 2 aromatic rings. The zero-order chi connectivity index (χ0) is 16.8. The van der Waals surface area contributed by atoms with Gasteiger partial charge in [-0.15, -0.1) is 0 Å². The summed E-state index contributed by atoms with van der Waals surface area (Å²) in [5.74, 6) is 0.209. The summed E-state index contributed by atoms with van der Waals surface area (Å²) in [6.07, 6.45) is 4.15. The number of hydrogen-bond acceptors (Lipinski definition) is 6. The lowest BCUT2D eigenvalue weighted by Crippen LogP contribution is -2.05. The van der Waals surface area contributed by atoms with Gasteiger partial charge < -0.3 is 19.9 Å². The van der Waals surface area contributed by atoms with Gasteiger partial charge in [0.25, 0.3) is 0 Å². The Morgan fingerprint density at radius 2 is 1.87 bits per heavy atom. The lowest BCUT2D eigenvalue weighted by Gasteiger charge is -2.13. The maximum Gasteiger partial charge on any atom is 0.330 e. The van der Waals surface area contributed by atoms with Gasteiger partial charge in [0, 0.05) is 24.0 Å². The van der Waals surface area contributed by atoms with Gasteiger partial charge >= 0.3 is 5.97 Å². The van der Waals surface area contributed by atoms with Crippen molar-refractivity contribution in [2.45, 2.75) is 0 Å². The van der Waals surface area contributed by atoms with Gasteiger partial charge in [-0.25, -0.2) is 14.8 Å². The summed E-state index contributed by atoms with van der Waals surface area (Å²) in [4.78, 5) is 19.2. The highest BCUT2D eigenvalue weighted by atomic mass is 79.9. The van der Waals surface area contributed by atoms with Crippen LogP contribution in [0.15, 0.2) is 41.1 Å². The molecule has 0 saturated heterocycles. The highest BCUT2D eigenvalue weighted by Gasteiger charge is 2.11. The van der Waals surface area contributed by atoms with Crippen molar-refractivity contribution < 1.29 is 19.4 Å². The molecule has 120 valence electrons. The summed E-state index contributed by atoms with van der Waals surface area (Å²) >= 11 is 3.24. The zero-order valence-electron chi connectivity index (χ0n) is 12.4. The monoisotopic (exact) mass is 379 g/mol. The van der Waals surface area contributed by atoms with Gasteiger partial charge in [-0.2, -0.15) is 0 Å². The Labute approximate surface area is 141 Å². The van der Waals surface area contributed by atoms with Crippen molar-refractivity contribution in [2.24, 2.45) is 0 Å². The third-order valence-electron chi connectivity index (χ3n) is 2.83. The van der Waals surface area contributed by atoms with E-state index in [9.17, 15) is 4.79 Å². The number of aromatic nitrogens is 2. The van der Waals surface area contributed by atoms with Gasteiger partial charge in [-0.05, 0) is 34.1 Å². The quantitative estimate of drug-likeness (QED) is 0.745. The molecule has 0 amide bonds. The molecule has 0 saturated carbocycles. The maximum absolute atomic E-state index is 11.1. The molecule has 0 bridgehead atoms. The molecule has 0 unspecified atom stereocenters. The highest BCUT2D eigenvalue weighted by molar-refractivity contribution is 9.10. The van der Waals surface area contributed by atoms with Crippen LogP contribution in [0.2, 0.25) is 0 Å². The average Bonchev–Trinajstić information content (AvgIpc) is 2.55. The zero-order valence-corrected chi connectivity index (χ0v) is 14.0. The normalized spacial score (nSPS) is 11.0. The van der Waals surface area contributed by atoms with Crippen LogP contribution in [0.1, 0.15) is 5.56 Å². The number of methoxy groups -OCH3 is 2. The first kappa shape index (κ1) is 16.8. The van der Waals surface area contributed by atoms with Gasteiger partial charge in [-0.3, -0.25) is 0 Å². The number of ether oxygens (including phenoxy) is 2. The molecule has 8 heteroatoms. The Morgan fingerprint density at radius 3 is 2.43 bits per heavy atom. The number of carboxylic acids is 1. The fourth-order valence-corrected chi connectivity index (χ4v) is 2.02. The average molecular weight is 380 g/mol. The van der Waals surface area contributed by atoms with Crippen LogP contribution in [0, 0.1) is 0 Å². The predicted molar refractivity (Wildman–Crippen MR) is 88.5 cm³/mol. The van der Waals surface area contributed by atoms with Crippen molar-refractivity contribution in [1.29, 1.82) is 0 Å². The third kappa shape index (κ3) is 4.43. The lowest BCUT2D eigenvalue weighted by atomic mass is 10.1. The maximum atomic E-state index is 11.1. The number of carbonyl (C=O) groups is 1. The highest BCUT2D eigenvalue weighted by Crippen LogP contribution is 2.30. The number of anilines is 1. The Morgan fingerprint density at radius 1 is 1.22 bits per heavy atom. The fraction of sp³-hybridized carbons (Fsp3) is 0.133. The number of aliphatic carboxylic acids is 1. The first-order valence-electron chi connectivity index (χ1n) is 6.45. The van der Waals surface area contributed by atoms with E-state index in [0.717, 1.165) is 10.5 Å². The van der Waals surface area contributed by atoms with Crippen LogP contribution < -0.4 is 14.8 Å². The Kier molecular flexibility index (Phi) is 5.53. The molecule has 1 aromatic carbocycles. The molecule has 1 heterocycles. The number of halogens is 1. The minimum Gasteiger partial charge on any atom is -0.493 e. The third-order valence-corrected chi connectivity index (χ3v) is 3.24. The first-order chi connectivity index (χ1) is 11.0. The molecular formula is C15H14BrN3O4. The molecule has 7 nitrogen and oxygen atoms in total. The number of benzene rings is 1. The van der Waals surface area contributed by atoms with E-state index < -0.39 is 5.97 Å². The van der Waals surface area contributed by atoms with E-state index in [4.69, 9.17) is 14.6 Å². The standard InChI is InChI=1S/C15H14BrN3O4/c1-22-12-4-3-9(5-13(12)23-2)11(6-14(20)21)19-15-17-7-10(16)8-18-15/h3-8H,1-2H3,(H,20,21)(H,17,18,19). The first-order valence-corrected chi connectivity index (χ1v) is 7.24. The lowest BCUT2D eigenvalue weighted by molar-refractivity contribution is -0.131. The van der Waals surface area contributed by atoms with Gasteiger partial charge in [0.05, 0.1) is 24.4 Å². The van der Waals surface area contributed by atoms with E-state index in [1.165, 1.54) is 14.2 Å². The molecule has 2 N–H and O–H groups in total. The Balaban J connectivity index is 2.39. The number of rotatable bonds is 6. The molecule has 0 aliphatic heterocycles. The molecule has 0 radical (unpaired) electrons. The molecule has 0 atom stereocenters. The van der Waals surface area contributed by atoms with Gasteiger partial charge in [0.2, 0.25) is 5.95 Å². The van der Waals surface area contributed by atoms with Crippen LogP contribution in [-0.2, 0) is 4.79 Å². The topological polar surface area (TPSA) is 93.6 Å². The number of nitrogens with one attached hydrogen (secondary N) is 1. The summed E-state index contributed by atoms with van der Waals surface area (Å²) in [6, 6.07) is 5.06. The Hall–Kier alpha value is -2.61. The van der Waals surface area contributed by atoms with E-state index in [-0.39, 0.29) is 5.95 Å². The van der Waals surface area contributed by atoms with Crippen molar-refractivity contribution >= 4 is 33.5 Å². The van der Waals surface area contributed by atoms with Crippen molar-refractivity contribution in [3.05, 3.63) is 46.7 Å². The molecule has 0 spiro atoms. The van der Waals surface area contributed by atoms with Crippen molar-refractivity contribution in [1.82, 2.24) is 9.97 Å². The molecule has 0 aliphatic rings. The SMILES string of the molecule is COc1ccc(C(=CC(=O)O)Nc2ncc(Br)cn2)cc1OC. The second kappa shape index (κ2) is 7.59. The molecule has 0 fully saturated rings. The van der Waals surface area contributed by atoms with E-state index in [1.807, 2.05) is 0 Å². The Bertz CT molecular complexity index is 732. The minimum absolute atomic E-state index is 0.274. The van der Waals surface area contributed by atoms with E-state index in [0.29, 0.717) is 22.8 Å². The van der Waals surface area contributed by atoms with Gasteiger partial charge in [0.1, 0.15) is 0 Å². The van der Waals surface area contributed by atoms with Crippen LogP contribution in [0.25, 0.3) is 5.70 Å². The summed E-state index contributed by atoms with van der Waals surface area (Å²) < 4.78 is 11.1. The second-order valence-electron chi connectivity index (χ2n) is 4.32. The van der Waals surface area contributed by atoms with Crippen LogP contribution in [0.3, 0.4) is 0 Å². The second-order valence-corrected chi connectivity index (χ2v) is 5.23. The van der Waals surface area contributed by atoms with Gasteiger partial charge in [0.15, 0.2) is 11.5 Å². The van der Waals surface area contributed by atoms with Crippen molar-refractivity contribution in [3.63, 3.8) is 0 Å². The number of carboxylic acid groups (broad SMARTS) is 1. The van der Waals surface area contributed by atoms with Crippen molar-refractivity contribution in [3.8, 4) is 11.5 Å². The van der Waals surface area contributed by atoms with E-state index in [1.54, 1.807) is 30.6 Å². The molecular weight excluding hydrogens is 366 g/mol. The molecule has 0 aliphatic carbocycles. The van der Waals surface area contributed by atoms with E-state index >= 15 is 0 Å². The summed E-state index contributed by atoms with van der Waals surface area (Å²) in [5.41, 5.74) is 0.914. The van der Waals surface area contributed by atoms with E-state index in [2.05, 4.69) is 31.2 Å². The van der Waals surface area contributed by atoms with Crippen LogP contribution in [0.5, 0.6) is 11.5 Å². The minimum atomic E-state index is -1.10. The smallest absolute Gasteiger partial charge is 0.330 e. The van der Waals surface area contributed by atoms with Crippen molar-refractivity contribution in [2.75, 3.05) is 19.5 Å².